The Labute approximate surface area is 136 Å². The maximum atomic E-state index is 11.8. The van der Waals surface area contributed by atoms with Gasteiger partial charge >= 0.3 is 0 Å². The predicted molar refractivity (Wildman–Crippen MR) is 90.8 cm³/mol. The lowest BCUT2D eigenvalue weighted by Gasteiger charge is -2.19. The average Bonchev–Trinajstić information content (AvgIpc) is 2.56. The monoisotopic (exact) mass is 314 g/mol. The average molecular weight is 314 g/mol. The van der Waals surface area contributed by atoms with Gasteiger partial charge in [-0.15, -0.1) is 0 Å². The van der Waals surface area contributed by atoms with Crippen molar-refractivity contribution in [1.82, 2.24) is 0 Å². The number of carbonyl (C=O) groups excluding carboxylic acids is 1. The third-order valence-electron chi connectivity index (χ3n) is 3.27. The number of primary amides is 1. The Morgan fingerprint density at radius 1 is 1.04 bits per heavy atom. The second-order valence-electron chi connectivity index (χ2n) is 4.92. The lowest BCUT2D eigenvalue weighted by atomic mass is 10.1. The van der Waals surface area contributed by atoms with Gasteiger partial charge in [-0.25, -0.2) is 0 Å². The first-order valence-electron chi connectivity index (χ1n) is 7.66. The van der Waals surface area contributed by atoms with Crippen molar-refractivity contribution in [3.05, 3.63) is 54.1 Å². The topological polar surface area (TPSA) is 73.6 Å². The van der Waals surface area contributed by atoms with Crippen LogP contribution < -0.4 is 20.5 Å². The van der Waals surface area contributed by atoms with Crippen molar-refractivity contribution >= 4 is 11.6 Å². The molecule has 0 saturated heterocycles. The van der Waals surface area contributed by atoms with Gasteiger partial charge in [0.05, 0.1) is 13.2 Å². The normalized spacial score (nSPS) is 11.6. The van der Waals surface area contributed by atoms with E-state index in [0.717, 1.165) is 11.3 Å². The van der Waals surface area contributed by atoms with Crippen LogP contribution in [-0.4, -0.2) is 19.1 Å². The van der Waals surface area contributed by atoms with Crippen molar-refractivity contribution in [3.8, 4) is 11.5 Å². The summed E-state index contributed by atoms with van der Waals surface area (Å²) < 4.78 is 11.1. The van der Waals surface area contributed by atoms with Crippen molar-refractivity contribution in [3.63, 3.8) is 0 Å². The zero-order chi connectivity index (χ0) is 16.7. The van der Waals surface area contributed by atoms with Gasteiger partial charge < -0.3 is 20.5 Å². The molecule has 0 aliphatic rings. The van der Waals surface area contributed by atoms with Crippen LogP contribution in [0.1, 0.15) is 25.5 Å². The smallest absolute Gasteiger partial charge is 0.244 e. The molecule has 0 aromatic heterocycles. The van der Waals surface area contributed by atoms with Gasteiger partial charge in [-0.1, -0.05) is 30.3 Å². The molecule has 5 heteroatoms. The summed E-state index contributed by atoms with van der Waals surface area (Å²) in [5, 5.41) is 3.15. The molecule has 0 unspecified atom stereocenters. The van der Waals surface area contributed by atoms with Gasteiger partial charge in [0.1, 0.15) is 6.04 Å². The Kier molecular flexibility index (Phi) is 5.86. The molecule has 0 heterocycles. The van der Waals surface area contributed by atoms with Crippen LogP contribution in [0.2, 0.25) is 0 Å². The molecule has 2 aromatic rings. The number of hydrogen-bond donors (Lipinski definition) is 2. The minimum absolute atomic E-state index is 0.442. The van der Waals surface area contributed by atoms with E-state index in [1.165, 1.54) is 0 Å². The van der Waals surface area contributed by atoms with Crippen molar-refractivity contribution in [2.45, 2.75) is 19.9 Å². The summed E-state index contributed by atoms with van der Waals surface area (Å²) in [7, 11) is 0. The number of carbonyl (C=O) groups is 1. The summed E-state index contributed by atoms with van der Waals surface area (Å²) in [6, 6.07) is 14.2. The van der Waals surface area contributed by atoms with Gasteiger partial charge in [-0.3, -0.25) is 4.79 Å². The maximum Gasteiger partial charge on any atom is 0.244 e. The van der Waals surface area contributed by atoms with E-state index in [1.54, 1.807) is 0 Å². The molecule has 122 valence electrons. The number of benzene rings is 2. The third-order valence-corrected chi connectivity index (χ3v) is 3.27. The van der Waals surface area contributed by atoms with Crippen molar-refractivity contribution in [2.24, 2.45) is 5.73 Å². The zero-order valence-corrected chi connectivity index (χ0v) is 13.4. The molecule has 0 saturated carbocycles. The molecule has 0 bridgehead atoms. The van der Waals surface area contributed by atoms with Crippen LogP contribution in [0.15, 0.2) is 48.5 Å². The minimum atomic E-state index is -0.608. The number of ether oxygens (including phenoxy) is 2. The molecule has 1 amide bonds. The highest BCUT2D eigenvalue weighted by molar-refractivity contribution is 5.84. The second-order valence-corrected chi connectivity index (χ2v) is 4.92. The molecule has 3 N–H and O–H groups in total. The summed E-state index contributed by atoms with van der Waals surface area (Å²) in [6.45, 7) is 4.91. The molecule has 0 spiro atoms. The van der Waals surface area contributed by atoms with Crippen LogP contribution in [-0.2, 0) is 4.79 Å². The Balaban J connectivity index is 2.26. The number of rotatable bonds is 8. The van der Waals surface area contributed by atoms with Gasteiger partial charge in [0, 0.05) is 11.8 Å². The highest BCUT2D eigenvalue weighted by atomic mass is 16.5. The molecule has 2 rings (SSSR count). The third kappa shape index (κ3) is 4.39. The van der Waals surface area contributed by atoms with Crippen LogP contribution in [0.4, 0.5) is 5.69 Å². The number of hydrogen-bond acceptors (Lipinski definition) is 4. The lowest BCUT2D eigenvalue weighted by molar-refractivity contribution is -0.118. The van der Waals surface area contributed by atoms with E-state index in [2.05, 4.69) is 5.32 Å². The zero-order valence-electron chi connectivity index (χ0n) is 13.4. The summed E-state index contributed by atoms with van der Waals surface area (Å²) in [5.41, 5.74) is 7.09. The van der Waals surface area contributed by atoms with Crippen molar-refractivity contribution < 1.29 is 14.3 Å². The largest absolute Gasteiger partial charge is 0.490 e. The van der Waals surface area contributed by atoms with E-state index in [0.29, 0.717) is 24.7 Å². The van der Waals surface area contributed by atoms with Gasteiger partial charge in [0.2, 0.25) is 5.91 Å². The minimum Gasteiger partial charge on any atom is -0.490 e. The summed E-state index contributed by atoms with van der Waals surface area (Å²) in [4.78, 5) is 11.8. The number of anilines is 1. The van der Waals surface area contributed by atoms with E-state index >= 15 is 0 Å². The SMILES string of the molecule is CCOc1ccc(N[C@H](C(N)=O)c2ccccc2)cc1OCC. The molecule has 2 aromatic carbocycles. The molecule has 5 nitrogen and oxygen atoms in total. The first-order valence-corrected chi connectivity index (χ1v) is 7.66. The number of nitrogens with one attached hydrogen (secondary N) is 1. The van der Waals surface area contributed by atoms with E-state index in [-0.39, 0.29) is 0 Å². The summed E-state index contributed by atoms with van der Waals surface area (Å²) in [6.07, 6.45) is 0. The van der Waals surface area contributed by atoms with E-state index in [4.69, 9.17) is 15.2 Å². The van der Waals surface area contributed by atoms with Crippen molar-refractivity contribution in [2.75, 3.05) is 18.5 Å². The predicted octanol–water partition coefficient (Wildman–Crippen LogP) is 3.12. The van der Waals surface area contributed by atoms with Crippen molar-refractivity contribution in [1.29, 1.82) is 0 Å². The van der Waals surface area contributed by atoms with Gasteiger partial charge in [0.25, 0.3) is 0 Å². The highest BCUT2D eigenvalue weighted by Gasteiger charge is 2.18. The van der Waals surface area contributed by atoms with E-state index in [1.807, 2.05) is 62.4 Å². The summed E-state index contributed by atoms with van der Waals surface area (Å²) in [5.74, 6) is 0.869. The lowest BCUT2D eigenvalue weighted by Crippen LogP contribution is -2.27. The Hall–Kier alpha value is -2.69. The molecular formula is C18H22N2O3. The standard InChI is InChI=1S/C18H22N2O3/c1-3-22-15-11-10-14(12-16(15)23-4-2)20-17(18(19)21)13-8-6-5-7-9-13/h5-12,17,20H,3-4H2,1-2H3,(H2,19,21)/t17-/m0/s1. The molecule has 0 aliphatic carbocycles. The Morgan fingerprint density at radius 2 is 1.70 bits per heavy atom. The second kappa shape index (κ2) is 8.08. The van der Waals surface area contributed by atoms with E-state index in [9.17, 15) is 4.79 Å². The summed E-state index contributed by atoms with van der Waals surface area (Å²) >= 11 is 0. The van der Waals surface area contributed by atoms with Gasteiger partial charge in [0.15, 0.2) is 11.5 Å². The maximum absolute atomic E-state index is 11.8. The molecule has 0 fully saturated rings. The van der Waals surface area contributed by atoms with Crippen LogP contribution in [0.5, 0.6) is 11.5 Å². The van der Waals surface area contributed by atoms with Crippen LogP contribution in [0.25, 0.3) is 0 Å². The van der Waals surface area contributed by atoms with Crippen LogP contribution >= 0.6 is 0 Å². The number of nitrogens with two attached hydrogens (primary N) is 1. The fourth-order valence-electron chi connectivity index (χ4n) is 2.27. The fourth-order valence-corrected chi connectivity index (χ4v) is 2.27. The molecule has 0 radical (unpaired) electrons. The van der Waals surface area contributed by atoms with Gasteiger partial charge in [-0.2, -0.15) is 0 Å². The molecule has 1 atom stereocenters. The quantitative estimate of drug-likeness (QED) is 0.785. The van der Waals surface area contributed by atoms with Crippen LogP contribution in [0, 0.1) is 0 Å². The number of amides is 1. The molecular weight excluding hydrogens is 292 g/mol. The highest BCUT2D eigenvalue weighted by Crippen LogP contribution is 2.32. The van der Waals surface area contributed by atoms with Crippen LogP contribution in [0.3, 0.4) is 0 Å². The molecule has 23 heavy (non-hydrogen) atoms. The van der Waals surface area contributed by atoms with Gasteiger partial charge in [-0.05, 0) is 31.5 Å². The molecule has 0 aliphatic heterocycles. The Morgan fingerprint density at radius 3 is 2.30 bits per heavy atom. The Bertz CT molecular complexity index is 644. The first kappa shape index (κ1) is 16.7. The first-order chi connectivity index (χ1) is 11.2. The fraction of sp³-hybridized carbons (Fsp3) is 0.278. The van der Waals surface area contributed by atoms with E-state index < -0.39 is 11.9 Å².